The molecule has 2 aliphatic heterocycles. The molecule has 1 saturated carbocycles. The molecule has 0 aromatic carbocycles. The van der Waals surface area contributed by atoms with Gasteiger partial charge in [0.15, 0.2) is 11.4 Å². The van der Waals surface area contributed by atoms with Crippen molar-refractivity contribution in [1.82, 2.24) is 19.2 Å². The summed E-state index contributed by atoms with van der Waals surface area (Å²) in [5, 5.41) is 11.0. The van der Waals surface area contributed by atoms with Gasteiger partial charge in [-0.05, 0) is 36.7 Å². The molecular formula is C24H27ClN6O4. The van der Waals surface area contributed by atoms with Gasteiger partial charge in [-0.15, -0.1) is 0 Å². The predicted molar refractivity (Wildman–Crippen MR) is 131 cm³/mol. The number of rotatable bonds is 7. The number of halogens is 1. The highest BCUT2D eigenvalue weighted by Gasteiger charge is 2.54. The van der Waals surface area contributed by atoms with Gasteiger partial charge in [0.25, 0.3) is 5.56 Å². The summed E-state index contributed by atoms with van der Waals surface area (Å²) in [5.41, 5.74) is 1.01. The second kappa shape index (κ2) is 8.92. The molecule has 184 valence electrons. The summed E-state index contributed by atoms with van der Waals surface area (Å²) >= 11 is 6.36. The van der Waals surface area contributed by atoms with E-state index in [-0.39, 0.29) is 17.4 Å². The molecule has 0 radical (unpaired) electrons. The summed E-state index contributed by atoms with van der Waals surface area (Å²) in [7, 11) is 1.77. The lowest BCUT2D eigenvalue weighted by atomic mass is 10.1. The van der Waals surface area contributed by atoms with E-state index in [9.17, 15) is 9.59 Å². The van der Waals surface area contributed by atoms with Crippen LogP contribution in [0.1, 0.15) is 35.7 Å². The van der Waals surface area contributed by atoms with E-state index in [0.29, 0.717) is 70.9 Å². The Labute approximate surface area is 206 Å². The van der Waals surface area contributed by atoms with Crippen molar-refractivity contribution in [2.75, 3.05) is 44.1 Å². The van der Waals surface area contributed by atoms with Crippen LogP contribution in [0.3, 0.4) is 0 Å². The molecule has 2 saturated heterocycles. The molecule has 11 heteroatoms. The van der Waals surface area contributed by atoms with Crippen LogP contribution in [-0.2, 0) is 9.47 Å². The van der Waals surface area contributed by atoms with Crippen LogP contribution in [0.15, 0.2) is 29.3 Å². The molecule has 0 spiro atoms. The van der Waals surface area contributed by atoms with Crippen LogP contribution in [0.25, 0.3) is 5.65 Å². The Morgan fingerprint density at radius 1 is 1.23 bits per heavy atom. The number of ketones is 1. The summed E-state index contributed by atoms with van der Waals surface area (Å²) < 4.78 is 14.2. The minimum absolute atomic E-state index is 0.0218. The molecule has 35 heavy (non-hydrogen) atoms. The highest BCUT2D eigenvalue weighted by Crippen LogP contribution is 2.53. The van der Waals surface area contributed by atoms with Gasteiger partial charge in [-0.1, -0.05) is 11.6 Å². The van der Waals surface area contributed by atoms with Gasteiger partial charge in [-0.2, -0.15) is 9.61 Å². The average Bonchev–Trinajstić information content (AvgIpc) is 3.22. The first-order valence-corrected chi connectivity index (χ1v) is 12.3. The molecule has 0 amide bonds. The monoisotopic (exact) mass is 498 g/mol. The minimum atomic E-state index is -0.204. The van der Waals surface area contributed by atoms with Gasteiger partial charge < -0.3 is 24.7 Å². The van der Waals surface area contributed by atoms with E-state index in [0.717, 1.165) is 26.1 Å². The van der Waals surface area contributed by atoms with Crippen molar-refractivity contribution >= 4 is 40.4 Å². The van der Waals surface area contributed by atoms with Gasteiger partial charge in [0, 0.05) is 32.3 Å². The van der Waals surface area contributed by atoms with Crippen LogP contribution in [0.2, 0.25) is 5.02 Å². The zero-order valence-electron chi connectivity index (χ0n) is 19.4. The maximum absolute atomic E-state index is 13.3. The second-order valence-corrected chi connectivity index (χ2v) is 9.94. The van der Waals surface area contributed by atoms with E-state index < -0.39 is 0 Å². The van der Waals surface area contributed by atoms with Crippen LogP contribution >= 0.6 is 11.6 Å². The average molecular weight is 499 g/mol. The van der Waals surface area contributed by atoms with E-state index in [1.807, 2.05) is 0 Å². The Kier molecular flexibility index (Phi) is 5.74. The third-order valence-corrected chi connectivity index (χ3v) is 7.59. The number of nitrogens with one attached hydrogen (secondary N) is 2. The number of Topliss-reactive ketones (excluding diaryl/α,β-unsaturated/α-hetero) is 1. The van der Waals surface area contributed by atoms with Crippen molar-refractivity contribution < 1.29 is 14.3 Å². The molecule has 0 bridgehead atoms. The maximum atomic E-state index is 13.3. The fourth-order valence-electron chi connectivity index (χ4n) is 5.40. The van der Waals surface area contributed by atoms with Gasteiger partial charge >= 0.3 is 0 Å². The molecule has 2 N–H and O–H groups in total. The number of hydrogen-bond acceptors (Lipinski definition) is 8. The van der Waals surface area contributed by atoms with E-state index in [1.54, 1.807) is 40.7 Å². The number of pyridine rings is 1. The lowest BCUT2D eigenvalue weighted by molar-refractivity contribution is 0.0581. The molecule has 3 fully saturated rings. The number of fused-ring (bicyclic) bond motifs is 2. The number of anilines is 3. The fraction of sp³-hybridized carbons (Fsp3) is 0.500. The van der Waals surface area contributed by atoms with Crippen molar-refractivity contribution in [3.05, 3.63) is 45.5 Å². The highest BCUT2D eigenvalue weighted by atomic mass is 35.5. The van der Waals surface area contributed by atoms with Gasteiger partial charge in [0.2, 0.25) is 0 Å². The summed E-state index contributed by atoms with van der Waals surface area (Å²) in [6.45, 7) is 2.68. The SMILES string of the molecule is CNc1cc(Nc2cc(Cl)cn([C@H]3CCCOC3)c2=O)nc2c(C(=O)CC3[C@H]4COC[C@@H]34)cnn12. The summed E-state index contributed by atoms with van der Waals surface area (Å²) in [4.78, 5) is 31.0. The maximum Gasteiger partial charge on any atom is 0.274 e. The van der Waals surface area contributed by atoms with Crippen LogP contribution in [0.4, 0.5) is 17.3 Å². The van der Waals surface area contributed by atoms with Gasteiger partial charge in [-0.25, -0.2) is 4.98 Å². The quantitative estimate of drug-likeness (QED) is 0.478. The van der Waals surface area contributed by atoms with Crippen molar-refractivity contribution in [3.63, 3.8) is 0 Å². The lowest BCUT2D eigenvalue weighted by Crippen LogP contribution is -2.31. The first-order valence-electron chi connectivity index (χ1n) is 12.0. The minimum Gasteiger partial charge on any atom is -0.381 e. The highest BCUT2D eigenvalue weighted by molar-refractivity contribution is 6.30. The number of aromatic nitrogens is 4. The van der Waals surface area contributed by atoms with Gasteiger partial charge in [0.05, 0.1) is 42.6 Å². The zero-order chi connectivity index (χ0) is 24.1. The molecule has 1 unspecified atom stereocenters. The van der Waals surface area contributed by atoms with Crippen LogP contribution < -0.4 is 16.2 Å². The van der Waals surface area contributed by atoms with Crippen molar-refractivity contribution in [3.8, 4) is 0 Å². The van der Waals surface area contributed by atoms with E-state index in [2.05, 4.69) is 20.7 Å². The topological polar surface area (TPSA) is 112 Å². The van der Waals surface area contributed by atoms with Crippen LogP contribution in [0, 0.1) is 17.8 Å². The van der Waals surface area contributed by atoms with Crippen molar-refractivity contribution in [2.24, 2.45) is 17.8 Å². The van der Waals surface area contributed by atoms with E-state index in [4.69, 9.17) is 21.1 Å². The second-order valence-electron chi connectivity index (χ2n) is 9.51. The molecule has 6 rings (SSSR count). The lowest BCUT2D eigenvalue weighted by Gasteiger charge is -2.25. The van der Waals surface area contributed by atoms with E-state index in [1.165, 1.54) is 0 Å². The molecule has 4 atom stereocenters. The Hall–Kier alpha value is -2.95. The normalized spacial score (nSPS) is 25.4. The van der Waals surface area contributed by atoms with Gasteiger partial charge in [0.1, 0.15) is 17.3 Å². The number of carbonyl (C=O) groups excluding carboxylic acids is 1. The molecule has 3 aromatic heterocycles. The Balaban J connectivity index is 1.32. The van der Waals surface area contributed by atoms with Crippen molar-refractivity contribution in [1.29, 1.82) is 0 Å². The number of hydrogen-bond donors (Lipinski definition) is 2. The molecule has 10 nitrogen and oxygen atoms in total. The Bertz CT molecular complexity index is 1340. The Morgan fingerprint density at radius 3 is 2.80 bits per heavy atom. The third kappa shape index (κ3) is 4.09. The summed E-state index contributed by atoms with van der Waals surface area (Å²) in [5.74, 6) is 2.45. The number of carbonyl (C=O) groups is 1. The van der Waals surface area contributed by atoms with Crippen molar-refractivity contribution in [2.45, 2.75) is 25.3 Å². The molecular weight excluding hydrogens is 472 g/mol. The van der Waals surface area contributed by atoms with Crippen LogP contribution in [-0.4, -0.2) is 58.4 Å². The van der Waals surface area contributed by atoms with Gasteiger partial charge in [-0.3, -0.25) is 9.59 Å². The standard InChI is InChI=1S/C24H27ClN6O4/c1-26-22-7-21(28-19-5-13(25)9-30(24(19)33)14-3-2-4-34-10-14)29-23-16(8-27-31(22)23)20(32)6-15-17-11-35-12-18(15)17/h5,7-9,14-15,17-18,26H,2-4,6,10-12H2,1H3,(H,28,29)/t14-,15?,17-,18+/m0/s1. The molecule has 3 aromatic rings. The zero-order valence-corrected chi connectivity index (χ0v) is 20.1. The first-order chi connectivity index (χ1) is 17.0. The summed E-state index contributed by atoms with van der Waals surface area (Å²) in [6.07, 6.45) is 5.43. The van der Waals surface area contributed by atoms with Crippen LogP contribution in [0.5, 0.6) is 0 Å². The number of nitrogens with zero attached hydrogens (tertiary/aromatic N) is 4. The fourth-order valence-corrected chi connectivity index (χ4v) is 5.61. The summed E-state index contributed by atoms with van der Waals surface area (Å²) in [6, 6.07) is 3.27. The first kappa shape index (κ1) is 22.5. The molecule has 1 aliphatic carbocycles. The third-order valence-electron chi connectivity index (χ3n) is 7.38. The molecule has 5 heterocycles. The molecule has 3 aliphatic rings. The Morgan fingerprint density at radius 2 is 2.06 bits per heavy atom. The number of ether oxygens (including phenoxy) is 2. The largest absolute Gasteiger partial charge is 0.381 e. The van der Waals surface area contributed by atoms with E-state index >= 15 is 0 Å². The smallest absolute Gasteiger partial charge is 0.274 e. The predicted octanol–water partition coefficient (Wildman–Crippen LogP) is 3.15.